The summed E-state index contributed by atoms with van der Waals surface area (Å²) in [6.07, 6.45) is 9.38. The maximum atomic E-state index is 12.2. The minimum absolute atomic E-state index is 0.309. The monoisotopic (exact) mass is 368 g/mol. The van der Waals surface area contributed by atoms with Crippen LogP contribution in [0.5, 0.6) is 0 Å². The van der Waals surface area contributed by atoms with E-state index in [0.717, 1.165) is 77.5 Å². The lowest BCUT2D eigenvalue weighted by atomic mass is 9.89. The summed E-state index contributed by atoms with van der Waals surface area (Å²) in [5, 5.41) is 0. The van der Waals surface area contributed by atoms with Crippen LogP contribution in [0.25, 0.3) is 0 Å². The highest BCUT2D eigenvalue weighted by molar-refractivity contribution is 5.81. The Bertz CT molecular complexity index is 651. The number of rotatable bonds is 6. The Morgan fingerprint density at radius 3 is 2.07 bits per heavy atom. The molecule has 2 aliphatic heterocycles. The second-order valence-electron chi connectivity index (χ2n) is 8.65. The van der Waals surface area contributed by atoms with E-state index in [-0.39, 0.29) is 0 Å². The third-order valence-corrected chi connectivity index (χ3v) is 6.49. The van der Waals surface area contributed by atoms with Gasteiger partial charge in [-0.25, -0.2) is 0 Å². The van der Waals surface area contributed by atoms with Crippen molar-refractivity contribution in [3.05, 3.63) is 35.4 Å². The van der Waals surface area contributed by atoms with Crippen LogP contribution in [-0.4, -0.2) is 47.8 Å². The quantitative estimate of drug-likeness (QED) is 0.772. The predicted molar refractivity (Wildman–Crippen MR) is 106 cm³/mol. The molecule has 2 heterocycles. The van der Waals surface area contributed by atoms with Crippen molar-refractivity contribution in [1.82, 2.24) is 9.80 Å². The molecule has 146 valence electrons. The highest BCUT2D eigenvalue weighted by Gasteiger charge is 2.34. The molecule has 0 atom stereocenters. The molecule has 0 bridgehead atoms. The van der Waals surface area contributed by atoms with Crippen molar-refractivity contribution in [2.45, 2.75) is 57.8 Å². The molecule has 3 fully saturated rings. The number of aryl methyl sites for hydroxylation is 1. The Morgan fingerprint density at radius 1 is 0.815 bits per heavy atom. The summed E-state index contributed by atoms with van der Waals surface area (Å²) in [6, 6.07) is 8.85. The van der Waals surface area contributed by atoms with Gasteiger partial charge in [0.15, 0.2) is 0 Å². The summed E-state index contributed by atoms with van der Waals surface area (Å²) in [4.78, 5) is 28.4. The lowest BCUT2D eigenvalue weighted by Crippen LogP contribution is -2.39. The molecule has 1 aromatic carbocycles. The van der Waals surface area contributed by atoms with Gasteiger partial charge >= 0.3 is 0 Å². The second-order valence-corrected chi connectivity index (χ2v) is 8.65. The van der Waals surface area contributed by atoms with Crippen molar-refractivity contribution in [2.75, 3.05) is 26.2 Å². The smallest absolute Gasteiger partial charge is 0.225 e. The lowest BCUT2D eigenvalue weighted by Gasteiger charge is -2.32. The first-order chi connectivity index (χ1) is 13.2. The molecule has 0 spiro atoms. The number of nitrogens with zero attached hydrogens (tertiary/aromatic N) is 2. The Hall–Kier alpha value is -1.84. The Morgan fingerprint density at radius 2 is 1.44 bits per heavy atom. The molecule has 1 aromatic rings. The fraction of sp³-hybridized carbons (Fsp3) is 0.652. The van der Waals surface area contributed by atoms with Gasteiger partial charge in [-0.15, -0.1) is 0 Å². The molecule has 27 heavy (non-hydrogen) atoms. The van der Waals surface area contributed by atoms with Gasteiger partial charge in [-0.05, 0) is 68.4 Å². The zero-order valence-electron chi connectivity index (χ0n) is 16.4. The second kappa shape index (κ2) is 8.45. The molecule has 0 N–H and O–H groups in total. The maximum absolute atomic E-state index is 12.2. The standard InChI is InChI=1S/C23H32N2O2/c26-22(24-13-1-2-14-24)10-7-18-3-5-19(6-4-18)17-20-11-15-25(16-12-20)23(27)21-8-9-21/h3-6,20-21H,1-2,7-17H2. The van der Waals surface area contributed by atoms with Crippen LogP contribution in [-0.2, 0) is 22.4 Å². The van der Waals surface area contributed by atoms with E-state index >= 15 is 0 Å². The molecule has 1 aliphatic carbocycles. The summed E-state index contributed by atoms with van der Waals surface area (Å²) in [7, 11) is 0. The van der Waals surface area contributed by atoms with Crippen molar-refractivity contribution in [1.29, 1.82) is 0 Å². The summed E-state index contributed by atoms with van der Waals surface area (Å²) in [5.41, 5.74) is 2.65. The number of carbonyl (C=O) groups is 2. The average molecular weight is 369 g/mol. The fourth-order valence-electron chi connectivity index (χ4n) is 4.50. The summed E-state index contributed by atoms with van der Waals surface area (Å²) < 4.78 is 0. The van der Waals surface area contributed by atoms with Crippen molar-refractivity contribution >= 4 is 11.8 Å². The van der Waals surface area contributed by atoms with E-state index in [1.165, 1.54) is 11.1 Å². The van der Waals surface area contributed by atoms with E-state index in [4.69, 9.17) is 0 Å². The molecule has 2 amide bonds. The summed E-state index contributed by atoms with van der Waals surface area (Å²) in [6.45, 7) is 3.78. The number of likely N-dealkylation sites (tertiary alicyclic amines) is 2. The van der Waals surface area contributed by atoms with Crippen LogP contribution in [0.3, 0.4) is 0 Å². The van der Waals surface area contributed by atoms with Crippen LogP contribution in [0, 0.1) is 11.8 Å². The van der Waals surface area contributed by atoms with Crippen molar-refractivity contribution < 1.29 is 9.59 Å². The van der Waals surface area contributed by atoms with Crippen LogP contribution in [0.2, 0.25) is 0 Å². The minimum atomic E-state index is 0.309. The Kier molecular flexibility index (Phi) is 5.80. The van der Waals surface area contributed by atoms with Gasteiger partial charge in [0.1, 0.15) is 0 Å². The summed E-state index contributed by atoms with van der Waals surface area (Å²) >= 11 is 0. The molecule has 4 rings (SSSR count). The lowest BCUT2D eigenvalue weighted by molar-refractivity contribution is -0.134. The van der Waals surface area contributed by atoms with Crippen LogP contribution in [0.15, 0.2) is 24.3 Å². The third-order valence-electron chi connectivity index (χ3n) is 6.49. The molecule has 2 saturated heterocycles. The van der Waals surface area contributed by atoms with Gasteiger partial charge in [0, 0.05) is 38.5 Å². The van der Waals surface area contributed by atoms with Crippen LogP contribution >= 0.6 is 0 Å². The molecule has 0 radical (unpaired) electrons. The van der Waals surface area contributed by atoms with Crippen LogP contribution in [0.1, 0.15) is 56.1 Å². The normalized spacial score (nSPS) is 20.9. The SMILES string of the molecule is O=C(CCc1ccc(CC2CCN(C(=O)C3CC3)CC2)cc1)N1CCCC1. The van der Waals surface area contributed by atoms with Gasteiger partial charge in [0.05, 0.1) is 0 Å². The molecular formula is C23H32N2O2. The van der Waals surface area contributed by atoms with E-state index in [0.29, 0.717) is 30.1 Å². The number of hydrogen-bond donors (Lipinski definition) is 0. The highest BCUT2D eigenvalue weighted by Crippen LogP contribution is 2.33. The average Bonchev–Trinajstić information content (AvgIpc) is 3.41. The van der Waals surface area contributed by atoms with Crippen LogP contribution < -0.4 is 0 Å². The van der Waals surface area contributed by atoms with E-state index < -0.39 is 0 Å². The maximum Gasteiger partial charge on any atom is 0.225 e. The molecule has 4 nitrogen and oxygen atoms in total. The fourth-order valence-corrected chi connectivity index (χ4v) is 4.50. The molecule has 4 heteroatoms. The van der Waals surface area contributed by atoms with Gasteiger partial charge < -0.3 is 9.80 Å². The van der Waals surface area contributed by atoms with Crippen molar-refractivity contribution in [3.63, 3.8) is 0 Å². The number of benzene rings is 1. The number of amides is 2. The number of piperidine rings is 1. The largest absolute Gasteiger partial charge is 0.343 e. The Labute approximate surface area is 162 Å². The topological polar surface area (TPSA) is 40.6 Å². The van der Waals surface area contributed by atoms with Crippen molar-refractivity contribution in [2.24, 2.45) is 11.8 Å². The van der Waals surface area contributed by atoms with Gasteiger partial charge in [0.25, 0.3) is 0 Å². The van der Waals surface area contributed by atoms with E-state index in [1.807, 2.05) is 4.90 Å². The first kappa shape index (κ1) is 18.5. The predicted octanol–water partition coefficient (Wildman–Crippen LogP) is 3.43. The number of carbonyl (C=O) groups excluding carboxylic acids is 2. The number of hydrogen-bond acceptors (Lipinski definition) is 2. The third kappa shape index (κ3) is 4.91. The first-order valence-electron chi connectivity index (χ1n) is 10.8. The van der Waals surface area contributed by atoms with Crippen molar-refractivity contribution in [3.8, 4) is 0 Å². The molecule has 0 unspecified atom stereocenters. The Balaban J connectivity index is 1.20. The zero-order valence-corrected chi connectivity index (χ0v) is 16.4. The first-order valence-corrected chi connectivity index (χ1v) is 10.8. The van der Waals surface area contributed by atoms with Gasteiger partial charge in [-0.1, -0.05) is 24.3 Å². The van der Waals surface area contributed by atoms with Crippen LogP contribution in [0.4, 0.5) is 0 Å². The molecule has 3 aliphatic rings. The molecular weight excluding hydrogens is 336 g/mol. The van der Waals surface area contributed by atoms with E-state index in [1.54, 1.807) is 0 Å². The highest BCUT2D eigenvalue weighted by atomic mass is 16.2. The molecule has 0 aromatic heterocycles. The summed E-state index contributed by atoms with van der Waals surface area (Å²) in [5.74, 6) is 1.76. The van der Waals surface area contributed by atoms with Gasteiger partial charge in [0.2, 0.25) is 11.8 Å². The molecule has 1 saturated carbocycles. The minimum Gasteiger partial charge on any atom is -0.343 e. The van der Waals surface area contributed by atoms with Gasteiger partial charge in [-0.2, -0.15) is 0 Å². The van der Waals surface area contributed by atoms with E-state index in [2.05, 4.69) is 29.2 Å². The van der Waals surface area contributed by atoms with E-state index in [9.17, 15) is 9.59 Å². The van der Waals surface area contributed by atoms with Gasteiger partial charge in [-0.3, -0.25) is 9.59 Å². The zero-order chi connectivity index (χ0) is 18.6.